The molecule has 0 unspecified atom stereocenters. The first-order chi connectivity index (χ1) is 14.8. The molecular formula is C23H14Cl2F2N2O2. The second-order valence-electron chi connectivity index (χ2n) is 6.89. The van der Waals surface area contributed by atoms with Crippen LogP contribution in [0.15, 0.2) is 66.4 Å². The maximum atomic E-state index is 13.6. The summed E-state index contributed by atoms with van der Waals surface area (Å²) < 4.78 is 27.1. The van der Waals surface area contributed by atoms with E-state index in [1.807, 2.05) is 6.92 Å². The molecule has 8 heteroatoms. The van der Waals surface area contributed by atoms with Crippen LogP contribution in [0, 0.1) is 18.6 Å². The zero-order valence-corrected chi connectivity index (χ0v) is 17.6. The van der Waals surface area contributed by atoms with Gasteiger partial charge in [0.1, 0.15) is 17.3 Å². The summed E-state index contributed by atoms with van der Waals surface area (Å²) in [5.41, 5.74) is 1.81. The van der Waals surface area contributed by atoms with E-state index in [0.29, 0.717) is 16.3 Å². The Bertz CT molecular complexity index is 1260. The van der Waals surface area contributed by atoms with E-state index in [2.05, 4.69) is 5.32 Å². The Balaban J connectivity index is 1.85. The fraction of sp³-hybridized carbons (Fsp3) is 0.0435. The third-order valence-corrected chi connectivity index (χ3v) is 5.36. The Morgan fingerprint density at radius 2 is 1.58 bits per heavy atom. The van der Waals surface area contributed by atoms with Gasteiger partial charge in [-0.2, -0.15) is 0 Å². The van der Waals surface area contributed by atoms with Crippen molar-refractivity contribution in [3.63, 3.8) is 0 Å². The number of nitrogens with one attached hydrogen (secondary N) is 1. The maximum absolute atomic E-state index is 13.6. The molecule has 0 spiro atoms. The molecule has 31 heavy (non-hydrogen) atoms. The van der Waals surface area contributed by atoms with Gasteiger partial charge in [0.05, 0.1) is 16.3 Å². The standard InChI is InChI=1S/C23H14Cl2F2N2O2/c1-12-2-5-14(24)10-19(12)28-21-20(13-3-6-15(26)7-4-13)22(30)29(23(21)31)16-8-9-18(27)17(25)11-16/h2-11,28H,1H3. The van der Waals surface area contributed by atoms with Crippen LogP contribution in [-0.2, 0) is 9.59 Å². The number of benzene rings is 3. The smallest absolute Gasteiger partial charge is 0.282 e. The predicted octanol–water partition coefficient (Wildman–Crippen LogP) is 5.98. The Morgan fingerprint density at radius 3 is 2.26 bits per heavy atom. The fourth-order valence-corrected chi connectivity index (χ4v) is 3.60. The van der Waals surface area contributed by atoms with Gasteiger partial charge in [-0.3, -0.25) is 9.59 Å². The predicted molar refractivity (Wildman–Crippen MR) is 117 cm³/mol. The third-order valence-electron chi connectivity index (χ3n) is 4.84. The Morgan fingerprint density at radius 1 is 0.871 bits per heavy atom. The Hall–Kier alpha value is -3.22. The summed E-state index contributed by atoms with van der Waals surface area (Å²) in [7, 11) is 0. The van der Waals surface area contributed by atoms with Crippen molar-refractivity contribution in [2.45, 2.75) is 6.92 Å². The van der Waals surface area contributed by atoms with Crippen LogP contribution in [0.25, 0.3) is 5.57 Å². The number of aryl methyl sites for hydroxylation is 1. The lowest BCUT2D eigenvalue weighted by molar-refractivity contribution is -0.120. The summed E-state index contributed by atoms with van der Waals surface area (Å²) in [5, 5.41) is 3.21. The van der Waals surface area contributed by atoms with Gasteiger partial charge in [-0.1, -0.05) is 41.4 Å². The summed E-state index contributed by atoms with van der Waals surface area (Å²) in [4.78, 5) is 27.5. The van der Waals surface area contributed by atoms with E-state index in [1.54, 1.807) is 18.2 Å². The quantitative estimate of drug-likeness (QED) is 0.489. The lowest BCUT2D eigenvalue weighted by Crippen LogP contribution is -2.32. The highest BCUT2D eigenvalue weighted by Crippen LogP contribution is 2.36. The molecule has 0 radical (unpaired) electrons. The number of rotatable bonds is 4. The molecule has 1 aliphatic heterocycles. The molecule has 0 saturated carbocycles. The molecule has 0 saturated heterocycles. The van der Waals surface area contributed by atoms with E-state index < -0.39 is 23.4 Å². The van der Waals surface area contributed by atoms with Crippen LogP contribution in [-0.4, -0.2) is 11.8 Å². The summed E-state index contributed by atoms with van der Waals surface area (Å²) >= 11 is 11.9. The molecule has 1 heterocycles. The lowest BCUT2D eigenvalue weighted by Gasteiger charge is -2.16. The van der Waals surface area contributed by atoms with Crippen LogP contribution in [0.2, 0.25) is 10.0 Å². The van der Waals surface area contributed by atoms with E-state index in [9.17, 15) is 18.4 Å². The highest BCUT2D eigenvalue weighted by molar-refractivity contribution is 6.46. The van der Waals surface area contributed by atoms with Crippen molar-refractivity contribution in [1.29, 1.82) is 0 Å². The van der Waals surface area contributed by atoms with E-state index in [-0.39, 0.29) is 22.0 Å². The van der Waals surface area contributed by atoms with Crippen molar-refractivity contribution in [3.8, 4) is 0 Å². The third kappa shape index (κ3) is 3.92. The second-order valence-corrected chi connectivity index (χ2v) is 7.73. The van der Waals surface area contributed by atoms with Gasteiger partial charge in [-0.25, -0.2) is 13.7 Å². The molecule has 0 fully saturated rings. The van der Waals surface area contributed by atoms with Crippen molar-refractivity contribution in [2.24, 2.45) is 0 Å². The zero-order valence-electron chi connectivity index (χ0n) is 16.0. The summed E-state index contributed by atoms with van der Waals surface area (Å²) in [6.45, 7) is 1.82. The van der Waals surface area contributed by atoms with Crippen molar-refractivity contribution < 1.29 is 18.4 Å². The maximum Gasteiger partial charge on any atom is 0.282 e. The van der Waals surface area contributed by atoms with Gasteiger partial charge in [0.15, 0.2) is 0 Å². The van der Waals surface area contributed by atoms with Crippen molar-refractivity contribution in [3.05, 3.63) is 99.2 Å². The summed E-state index contributed by atoms with van der Waals surface area (Å²) in [5.74, 6) is -2.47. The largest absolute Gasteiger partial charge is 0.350 e. The van der Waals surface area contributed by atoms with Gasteiger partial charge < -0.3 is 5.32 Å². The van der Waals surface area contributed by atoms with Crippen LogP contribution in [0.4, 0.5) is 20.2 Å². The minimum Gasteiger partial charge on any atom is -0.350 e. The van der Waals surface area contributed by atoms with Crippen molar-refractivity contribution >= 4 is 52.0 Å². The van der Waals surface area contributed by atoms with Gasteiger partial charge in [0.2, 0.25) is 0 Å². The number of hydrogen-bond acceptors (Lipinski definition) is 3. The molecule has 0 aliphatic carbocycles. The van der Waals surface area contributed by atoms with Gasteiger partial charge in [-0.05, 0) is 60.5 Å². The van der Waals surface area contributed by atoms with E-state index in [4.69, 9.17) is 23.2 Å². The van der Waals surface area contributed by atoms with Gasteiger partial charge >= 0.3 is 0 Å². The molecule has 2 amide bonds. The Kier molecular flexibility index (Phi) is 5.52. The Labute approximate surface area is 186 Å². The van der Waals surface area contributed by atoms with E-state index in [0.717, 1.165) is 16.5 Å². The number of hydrogen-bond donors (Lipinski definition) is 1. The number of imide groups is 1. The SMILES string of the molecule is Cc1ccc(Cl)cc1NC1=C(c2ccc(F)cc2)C(=O)N(c2ccc(F)c(Cl)c2)C1=O. The molecular weight excluding hydrogens is 445 g/mol. The first-order valence-electron chi connectivity index (χ1n) is 9.13. The molecule has 3 aromatic carbocycles. The molecule has 0 aromatic heterocycles. The van der Waals surface area contributed by atoms with Crippen molar-refractivity contribution in [1.82, 2.24) is 0 Å². The van der Waals surface area contributed by atoms with Crippen LogP contribution < -0.4 is 10.2 Å². The number of anilines is 2. The van der Waals surface area contributed by atoms with E-state index in [1.165, 1.54) is 36.4 Å². The molecule has 3 aromatic rings. The number of amides is 2. The minimum absolute atomic E-state index is 0.0116. The van der Waals surface area contributed by atoms with Crippen molar-refractivity contribution in [2.75, 3.05) is 10.2 Å². The number of carbonyl (C=O) groups excluding carboxylic acids is 2. The first kappa shape index (κ1) is 21.0. The molecule has 4 rings (SSSR count). The van der Waals surface area contributed by atoms with Gasteiger partial charge in [-0.15, -0.1) is 0 Å². The topological polar surface area (TPSA) is 49.4 Å². The average Bonchev–Trinajstić information content (AvgIpc) is 2.97. The molecule has 156 valence electrons. The monoisotopic (exact) mass is 458 g/mol. The second kappa shape index (κ2) is 8.13. The zero-order chi connectivity index (χ0) is 22.3. The highest BCUT2D eigenvalue weighted by atomic mass is 35.5. The summed E-state index contributed by atoms with van der Waals surface area (Å²) in [6.07, 6.45) is 0. The molecule has 0 atom stereocenters. The molecule has 0 bridgehead atoms. The van der Waals surface area contributed by atoms with Gasteiger partial charge in [0, 0.05) is 10.7 Å². The van der Waals surface area contributed by atoms with Gasteiger partial charge in [0.25, 0.3) is 11.8 Å². The first-order valence-corrected chi connectivity index (χ1v) is 9.89. The van der Waals surface area contributed by atoms with Crippen LogP contribution in [0.3, 0.4) is 0 Å². The molecule has 1 aliphatic rings. The van der Waals surface area contributed by atoms with Crippen LogP contribution >= 0.6 is 23.2 Å². The fourth-order valence-electron chi connectivity index (χ4n) is 3.25. The highest BCUT2D eigenvalue weighted by Gasteiger charge is 2.40. The number of halogens is 4. The minimum atomic E-state index is -0.677. The van der Waals surface area contributed by atoms with E-state index >= 15 is 0 Å². The lowest BCUT2D eigenvalue weighted by atomic mass is 10.0. The average molecular weight is 459 g/mol. The number of carbonyl (C=O) groups is 2. The number of nitrogens with zero attached hydrogens (tertiary/aromatic N) is 1. The molecule has 4 nitrogen and oxygen atoms in total. The normalized spacial score (nSPS) is 13.9. The summed E-state index contributed by atoms with van der Waals surface area (Å²) in [6, 6.07) is 13.8. The molecule has 1 N–H and O–H groups in total. The van der Waals surface area contributed by atoms with Crippen LogP contribution in [0.1, 0.15) is 11.1 Å². The van der Waals surface area contributed by atoms with Crippen LogP contribution in [0.5, 0.6) is 0 Å².